The fourth-order valence-corrected chi connectivity index (χ4v) is 8.39. The third kappa shape index (κ3) is 6.83. The minimum absolute atomic E-state index is 0.192. The first kappa shape index (κ1) is 35.4. The SMILES string of the molecule is Cc1nc(OC2CCN(C(=O)OC(C)(C)C)C3(CCC3)C2)c(C(=O)N[C@@H]2CCCN(c3cc(-c4ccc(C(N)=O)c(F)c4)n4ncnc(N)c34)C2)s1. The topological polar surface area (TPSA) is 183 Å². The molecule has 14 nitrogen and oxygen atoms in total. The number of rotatable bonds is 7. The van der Waals surface area contributed by atoms with Crippen molar-refractivity contribution < 1.29 is 28.2 Å². The van der Waals surface area contributed by atoms with Gasteiger partial charge in [-0.2, -0.15) is 5.10 Å². The first-order valence-corrected chi connectivity index (χ1v) is 18.5. The van der Waals surface area contributed by atoms with Gasteiger partial charge in [-0.1, -0.05) is 6.07 Å². The van der Waals surface area contributed by atoms with Gasteiger partial charge in [0.2, 0.25) is 5.88 Å². The molecule has 1 aliphatic carbocycles. The summed E-state index contributed by atoms with van der Waals surface area (Å²) < 4.78 is 28.6. The molecule has 5 N–H and O–H groups in total. The van der Waals surface area contributed by atoms with Crippen LogP contribution < -0.4 is 26.4 Å². The minimum atomic E-state index is -0.854. The van der Waals surface area contributed by atoms with Crippen molar-refractivity contribution in [1.29, 1.82) is 0 Å². The van der Waals surface area contributed by atoms with Gasteiger partial charge in [0.1, 0.15) is 29.4 Å². The van der Waals surface area contributed by atoms with Gasteiger partial charge in [0.15, 0.2) is 10.7 Å². The Labute approximate surface area is 304 Å². The molecule has 52 heavy (non-hydrogen) atoms. The van der Waals surface area contributed by atoms with Gasteiger partial charge in [0.25, 0.3) is 11.8 Å². The Morgan fingerprint density at radius 1 is 1.12 bits per heavy atom. The van der Waals surface area contributed by atoms with E-state index in [1.807, 2.05) is 38.7 Å². The average molecular weight is 734 g/mol. The number of primary amides is 1. The number of likely N-dealkylation sites (tertiary alicyclic amines) is 1. The Kier molecular flexibility index (Phi) is 9.21. The normalized spacial score (nSPS) is 20.1. The van der Waals surface area contributed by atoms with Crippen molar-refractivity contribution in [3.05, 3.63) is 51.9 Å². The molecular weight excluding hydrogens is 690 g/mol. The molecule has 3 amide bonds. The van der Waals surface area contributed by atoms with Crippen molar-refractivity contribution in [2.75, 3.05) is 30.3 Å². The number of nitrogen functional groups attached to an aromatic ring is 1. The standard InChI is InChI=1S/C36H44FN9O5S/c1-20-42-33(50-23-10-14-45(34(49)51-35(2,3)4)36(17-23)11-6-12-36)29(52-20)32(48)43-22-7-5-13-44(18-22)27-16-26(46-28(27)30(38)40-19-41-46)21-8-9-24(31(39)47)25(37)15-21/h8-9,15-16,19,22-23H,5-7,10-14,17-18H2,1-4H3,(H2,39,47)(H,43,48)(H2,38,40,41)/t22-,23?/m1/s1. The maximum Gasteiger partial charge on any atom is 0.410 e. The van der Waals surface area contributed by atoms with Crippen molar-refractivity contribution in [3.63, 3.8) is 0 Å². The maximum atomic E-state index is 14.8. The summed E-state index contributed by atoms with van der Waals surface area (Å²) in [6.07, 6.45) is 6.48. The maximum absolute atomic E-state index is 14.8. The summed E-state index contributed by atoms with van der Waals surface area (Å²) in [5.74, 6) is -1.28. The number of benzene rings is 1. The molecule has 0 radical (unpaired) electrons. The average Bonchev–Trinajstić information content (AvgIpc) is 3.64. The highest BCUT2D eigenvalue weighted by atomic mass is 32.1. The Bertz CT molecular complexity index is 2040. The van der Waals surface area contributed by atoms with Crippen LogP contribution in [0.15, 0.2) is 30.6 Å². The molecule has 5 heterocycles. The zero-order valence-electron chi connectivity index (χ0n) is 29.8. The highest BCUT2D eigenvalue weighted by Crippen LogP contribution is 2.46. The molecule has 2 saturated heterocycles. The number of carbonyl (C=O) groups excluding carboxylic acids is 3. The zero-order chi connectivity index (χ0) is 36.9. The summed E-state index contributed by atoms with van der Waals surface area (Å²) in [5, 5.41) is 8.33. The van der Waals surface area contributed by atoms with Crippen LogP contribution in [-0.2, 0) is 4.74 Å². The van der Waals surface area contributed by atoms with Crippen LogP contribution in [0.1, 0.15) is 90.8 Å². The summed E-state index contributed by atoms with van der Waals surface area (Å²) >= 11 is 1.29. The van der Waals surface area contributed by atoms with E-state index in [1.165, 1.54) is 29.8 Å². The Balaban J connectivity index is 1.06. The van der Waals surface area contributed by atoms with E-state index in [4.69, 9.17) is 20.9 Å². The van der Waals surface area contributed by atoms with Gasteiger partial charge in [-0.05, 0) is 78.0 Å². The van der Waals surface area contributed by atoms with Crippen molar-refractivity contribution >= 4 is 46.3 Å². The van der Waals surface area contributed by atoms with E-state index in [2.05, 4.69) is 25.3 Å². The number of amides is 3. The van der Waals surface area contributed by atoms with Gasteiger partial charge in [-0.3, -0.25) is 9.59 Å². The lowest BCUT2D eigenvalue weighted by Crippen LogP contribution is -2.62. The van der Waals surface area contributed by atoms with Gasteiger partial charge in [0, 0.05) is 49.6 Å². The monoisotopic (exact) mass is 733 g/mol. The highest BCUT2D eigenvalue weighted by molar-refractivity contribution is 7.13. The summed E-state index contributed by atoms with van der Waals surface area (Å²) in [7, 11) is 0. The Hall–Kier alpha value is -4.99. The molecular formula is C36H44FN9O5S. The van der Waals surface area contributed by atoms with Gasteiger partial charge < -0.3 is 36.1 Å². The molecule has 3 aromatic heterocycles. The molecule has 1 saturated carbocycles. The molecule has 1 spiro atoms. The molecule has 276 valence electrons. The number of thiazole rings is 1. The first-order valence-electron chi connectivity index (χ1n) is 17.6. The van der Waals surface area contributed by atoms with Crippen LogP contribution in [0.4, 0.5) is 20.7 Å². The number of hydrogen-bond donors (Lipinski definition) is 3. The van der Waals surface area contributed by atoms with Gasteiger partial charge in [-0.15, -0.1) is 11.3 Å². The minimum Gasteiger partial charge on any atom is -0.473 e. The number of halogens is 1. The van der Waals surface area contributed by atoms with Gasteiger partial charge in [-0.25, -0.2) is 23.7 Å². The number of fused-ring (bicyclic) bond motifs is 1. The van der Waals surface area contributed by atoms with Gasteiger partial charge in [0.05, 0.1) is 22.0 Å². The van der Waals surface area contributed by atoms with Crippen molar-refractivity contribution in [1.82, 2.24) is 29.8 Å². The van der Waals surface area contributed by atoms with Crippen LogP contribution in [-0.4, -0.2) is 85.3 Å². The number of aryl methyl sites for hydroxylation is 1. The zero-order valence-corrected chi connectivity index (χ0v) is 30.6. The summed E-state index contributed by atoms with van der Waals surface area (Å²) in [6.45, 7) is 9.16. The van der Waals surface area contributed by atoms with Crippen LogP contribution in [0.25, 0.3) is 16.8 Å². The lowest BCUT2D eigenvalue weighted by Gasteiger charge is -2.54. The second-order valence-corrected chi connectivity index (χ2v) is 16.2. The summed E-state index contributed by atoms with van der Waals surface area (Å²) in [4.78, 5) is 51.8. The molecule has 1 aromatic carbocycles. The highest BCUT2D eigenvalue weighted by Gasteiger charge is 2.50. The number of hydrogen-bond acceptors (Lipinski definition) is 11. The number of ether oxygens (including phenoxy) is 2. The first-order chi connectivity index (χ1) is 24.7. The number of nitrogens with two attached hydrogens (primary N) is 2. The second kappa shape index (κ2) is 13.5. The third-order valence-corrected chi connectivity index (χ3v) is 11.1. The smallest absolute Gasteiger partial charge is 0.410 e. The molecule has 4 aromatic rings. The lowest BCUT2D eigenvalue weighted by molar-refractivity contribution is -0.0680. The molecule has 7 rings (SSSR count). The number of nitrogens with zero attached hydrogens (tertiary/aromatic N) is 6. The molecule has 3 fully saturated rings. The largest absolute Gasteiger partial charge is 0.473 e. The molecule has 16 heteroatoms. The Morgan fingerprint density at radius 2 is 1.90 bits per heavy atom. The third-order valence-electron chi connectivity index (χ3n) is 10.1. The van der Waals surface area contributed by atoms with E-state index < -0.39 is 17.3 Å². The van der Waals surface area contributed by atoms with Crippen LogP contribution in [0.2, 0.25) is 0 Å². The summed E-state index contributed by atoms with van der Waals surface area (Å²) in [6, 6.07) is 5.87. The van der Waals surface area contributed by atoms with E-state index >= 15 is 0 Å². The van der Waals surface area contributed by atoms with E-state index in [0.29, 0.717) is 60.0 Å². The number of nitrogens with one attached hydrogen (secondary N) is 1. The fraction of sp³-hybridized carbons (Fsp3) is 0.500. The molecule has 1 unspecified atom stereocenters. The van der Waals surface area contributed by atoms with E-state index in [-0.39, 0.29) is 41.1 Å². The van der Waals surface area contributed by atoms with Crippen molar-refractivity contribution in [2.45, 2.75) is 95.9 Å². The van der Waals surface area contributed by atoms with Crippen LogP contribution in [0.3, 0.4) is 0 Å². The van der Waals surface area contributed by atoms with Crippen molar-refractivity contribution in [3.8, 4) is 17.1 Å². The van der Waals surface area contributed by atoms with E-state index in [0.717, 1.165) is 42.8 Å². The quantitative estimate of drug-likeness (QED) is 0.232. The lowest BCUT2D eigenvalue weighted by atomic mass is 9.69. The molecule has 0 bridgehead atoms. The Morgan fingerprint density at radius 3 is 2.60 bits per heavy atom. The number of anilines is 2. The van der Waals surface area contributed by atoms with E-state index in [1.54, 1.807) is 10.6 Å². The molecule has 3 aliphatic rings. The second-order valence-electron chi connectivity index (χ2n) is 14.9. The number of piperidine rings is 2. The molecule has 2 aliphatic heterocycles. The van der Waals surface area contributed by atoms with Crippen molar-refractivity contribution in [2.24, 2.45) is 5.73 Å². The number of carbonyl (C=O) groups is 3. The van der Waals surface area contributed by atoms with Gasteiger partial charge >= 0.3 is 6.09 Å². The fourth-order valence-electron chi connectivity index (χ4n) is 7.63. The van der Waals surface area contributed by atoms with Crippen LogP contribution in [0.5, 0.6) is 5.88 Å². The molecule has 2 atom stereocenters. The summed E-state index contributed by atoms with van der Waals surface area (Å²) in [5.41, 5.74) is 12.9. The van der Waals surface area contributed by atoms with Crippen LogP contribution >= 0.6 is 11.3 Å². The predicted molar refractivity (Wildman–Crippen MR) is 194 cm³/mol. The van der Waals surface area contributed by atoms with Crippen LogP contribution in [0, 0.1) is 12.7 Å². The predicted octanol–water partition coefficient (Wildman–Crippen LogP) is 5.08. The van der Waals surface area contributed by atoms with E-state index in [9.17, 15) is 18.8 Å². The number of aromatic nitrogens is 4.